The van der Waals surface area contributed by atoms with Crippen LogP contribution in [0.15, 0.2) is 30.5 Å². The van der Waals surface area contributed by atoms with Crippen LogP contribution in [0.3, 0.4) is 0 Å². The van der Waals surface area contributed by atoms with Crippen LogP contribution in [0.25, 0.3) is 0 Å². The average Bonchev–Trinajstić information content (AvgIpc) is 2.50. The molecule has 2 rings (SSSR count). The number of halogens is 2. The molecule has 5 nitrogen and oxygen atoms in total. The van der Waals surface area contributed by atoms with E-state index in [1.807, 2.05) is 0 Å². The van der Waals surface area contributed by atoms with Gasteiger partial charge in [0.15, 0.2) is 0 Å². The number of anilines is 1. The number of carbonyl (C=O) groups is 1. The SMILES string of the molecule is COc1ccc(CNC(=O)c2cc(F)c(N)c(F)c2)cn1. The standard InChI is InChI=1S/C14H13F2N3O2/c1-21-12-3-2-8(6-18-12)7-19-14(20)9-4-10(15)13(17)11(16)5-9/h2-6H,7,17H2,1H3,(H,19,20). The van der Waals surface area contributed by atoms with Gasteiger partial charge in [0, 0.05) is 24.4 Å². The van der Waals surface area contributed by atoms with Crippen molar-refractivity contribution in [2.45, 2.75) is 6.54 Å². The maximum atomic E-state index is 13.3. The zero-order chi connectivity index (χ0) is 15.4. The highest BCUT2D eigenvalue weighted by atomic mass is 19.1. The van der Waals surface area contributed by atoms with E-state index in [4.69, 9.17) is 10.5 Å². The van der Waals surface area contributed by atoms with Gasteiger partial charge in [0.2, 0.25) is 5.88 Å². The number of methoxy groups -OCH3 is 1. The Balaban J connectivity index is 2.04. The summed E-state index contributed by atoms with van der Waals surface area (Å²) < 4.78 is 31.5. The molecule has 0 atom stereocenters. The highest BCUT2D eigenvalue weighted by Crippen LogP contribution is 2.17. The fourth-order valence-corrected chi connectivity index (χ4v) is 1.64. The van der Waals surface area contributed by atoms with Gasteiger partial charge < -0.3 is 15.8 Å². The highest BCUT2D eigenvalue weighted by molar-refractivity contribution is 5.94. The predicted octanol–water partition coefficient (Wildman–Crippen LogP) is 1.88. The molecule has 0 radical (unpaired) electrons. The fraction of sp³-hybridized carbons (Fsp3) is 0.143. The van der Waals surface area contributed by atoms with Crippen molar-refractivity contribution in [3.8, 4) is 5.88 Å². The van der Waals surface area contributed by atoms with Crippen molar-refractivity contribution in [3.05, 3.63) is 53.2 Å². The number of nitrogens with two attached hydrogens (primary N) is 1. The number of benzene rings is 1. The van der Waals surface area contributed by atoms with Gasteiger partial charge >= 0.3 is 0 Å². The van der Waals surface area contributed by atoms with E-state index < -0.39 is 23.2 Å². The minimum absolute atomic E-state index is 0.138. The molecule has 1 aromatic carbocycles. The van der Waals surface area contributed by atoms with Crippen molar-refractivity contribution < 1.29 is 18.3 Å². The molecule has 7 heteroatoms. The number of amides is 1. The molecule has 1 heterocycles. The number of nitrogens with one attached hydrogen (secondary N) is 1. The molecule has 0 saturated carbocycles. The lowest BCUT2D eigenvalue weighted by Crippen LogP contribution is -2.23. The van der Waals surface area contributed by atoms with Crippen LogP contribution < -0.4 is 15.8 Å². The van der Waals surface area contributed by atoms with Crippen molar-refractivity contribution in [1.82, 2.24) is 10.3 Å². The Kier molecular flexibility index (Phi) is 4.32. The number of ether oxygens (including phenoxy) is 1. The van der Waals surface area contributed by atoms with Crippen LogP contribution in [-0.2, 0) is 6.54 Å². The van der Waals surface area contributed by atoms with Crippen LogP contribution in [0.1, 0.15) is 15.9 Å². The highest BCUT2D eigenvalue weighted by Gasteiger charge is 2.13. The van der Waals surface area contributed by atoms with E-state index in [2.05, 4.69) is 10.3 Å². The fourth-order valence-electron chi connectivity index (χ4n) is 1.64. The van der Waals surface area contributed by atoms with E-state index >= 15 is 0 Å². The van der Waals surface area contributed by atoms with E-state index in [9.17, 15) is 13.6 Å². The summed E-state index contributed by atoms with van der Waals surface area (Å²) in [7, 11) is 1.49. The molecule has 110 valence electrons. The number of nitrogens with zero attached hydrogens (tertiary/aromatic N) is 1. The summed E-state index contributed by atoms with van der Waals surface area (Å²) in [6.45, 7) is 0.170. The van der Waals surface area contributed by atoms with E-state index in [0.717, 1.165) is 17.7 Å². The summed E-state index contributed by atoms with van der Waals surface area (Å²) in [6.07, 6.45) is 1.53. The van der Waals surface area contributed by atoms with Crippen LogP contribution in [0.5, 0.6) is 5.88 Å². The van der Waals surface area contributed by atoms with Gasteiger partial charge in [-0.05, 0) is 17.7 Å². The third-order valence-electron chi connectivity index (χ3n) is 2.80. The lowest BCUT2D eigenvalue weighted by molar-refractivity contribution is 0.0950. The van der Waals surface area contributed by atoms with E-state index in [1.54, 1.807) is 12.1 Å². The van der Waals surface area contributed by atoms with Crippen molar-refractivity contribution in [2.75, 3.05) is 12.8 Å². The van der Waals surface area contributed by atoms with Crippen molar-refractivity contribution in [2.24, 2.45) is 0 Å². The monoisotopic (exact) mass is 293 g/mol. The molecule has 0 saturated heterocycles. The van der Waals surface area contributed by atoms with Crippen LogP contribution in [0.4, 0.5) is 14.5 Å². The Labute approximate surface area is 119 Å². The summed E-state index contributed by atoms with van der Waals surface area (Å²) in [6, 6.07) is 5.14. The van der Waals surface area contributed by atoms with Crippen LogP contribution in [0.2, 0.25) is 0 Å². The number of pyridine rings is 1. The first-order valence-corrected chi connectivity index (χ1v) is 6.03. The summed E-state index contributed by atoms with van der Waals surface area (Å²) in [5, 5.41) is 2.53. The number of rotatable bonds is 4. The minimum Gasteiger partial charge on any atom is -0.481 e. The lowest BCUT2D eigenvalue weighted by atomic mass is 10.1. The number of hydrogen-bond donors (Lipinski definition) is 2. The maximum Gasteiger partial charge on any atom is 0.251 e. The van der Waals surface area contributed by atoms with Gasteiger partial charge in [-0.15, -0.1) is 0 Å². The first-order valence-electron chi connectivity index (χ1n) is 6.03. The molecule has 0 unspecified atom stereocenters. The van der Waals surface area contributed by atoms with Gasteiger partial charge in [0.25, 0.3) is 5.91 Å². The Morgan fingerprint density at radius 3 is 2.52 bits per heavy atom. The zero-order valence-electron chi connectivity index (χ0n) is 11.2. The second-order valence-corrected chi connectivity index (χ2v) is 4.25. The predicted molar refractivity (Wildman–Crippen MR) is 72.7 cm³/mol. The van der Waals surface area contributed by atoms with E-state index in [0.29, 0.717) is 5.88 Å². The Morgan fingerprint density at radius 2 is 2.00 bits per heavy atom. The number of aromatic nitrogens is 1. The first-order chi connectivity index (χ1) is 10.0. The van der Waals surface area contributed by atoms with Crippen molar-refractivity contribution in [1.29, 1.82) is 0 Å². The van der Waals surface area contributed by atoms with Gasteiger partial charge in [0.1, 0.15) is 17.3 Å². The number of carbonyl (C=O) groups excluding carboxylic acids is 1. The molecule has 0 aliphatic rings. The Hall–Kier alpha value is -2.70. The average molecular weight is 293 g/mol. The van der Waals surface area contributed by atoms with E-state index in [-0.39, 0.29) is 12.1 Å². The van der Waals surface area contributed by atoms with E-state index in [1.165, 1.54) is 13.3 Å². The zero-order valence-corrected chi connectivity index (χ0v) is 11.2. The number of hydrogen-bond acceptors (Lipinski definition) is 4. The second kappa shape index (κ2) is 6.17. The summed E-state index contributed by atoms with van der Waals surface area (Å²) in [4.78, 5) is 15.8. The first kappa shape index (κ1) is 14.7. The van der Waals surface area contributed by atoms with Crippen LogP contribution in [0, 0.1) is 11.6 Å². The maximum absolute atomic E-state index is 13.3. The van der Waals surface area contributed by atoms with Gasteiger partial charge in [-0.2, -0.15) is 0 Å². The minimum atomic E-state index is -0.966. The Bertz CT molecular complexity index is 637. The molecule has 0 aliphatic carbocycles. The molecule has 1 aromatic heterocycles. The molecule has 0 fully saturated rings. The Morgan fingerprint density at radius 1 is 1.33 bits per heavy atom. The summed E-state index contributed by atoms with van der Waals surface area (Å²) >= 11 is 0. The molecular weight excluding hydrogens is 280 g/mol. The van der Waals surface area contributed by atoms with Gasteiger partial charge in [-0.3, -0.25) is 4.79 Å². The third-order valence-corrected chi connectivity index (χ3v) is 2.80. The topological polar surface area (TPSA) is 77.2 Å². The second-order valence-electron chi connectivity index (χ2n) is 4.25. The lowest BCUT2D eigenvalue weighted by Gasteiger charge is -2.07. The normalized spacial score (nSPS) is 10.2. The summed E-state index contributed by atoms with van der Waals surface area (Å²) in [5.41, 5.74) is 5.12. The molecule has 2 aromatic rings. The molecule has 0 spiro atoms. The molecule has 21 heavy (non-hydrogen) atoms. The smallest absolute Gasteiger partial charge is 0.251 e. The van der Waals surface area contributed by atoms with Crippen molar-refractivity contribution >= 4 is 11.6 Å². The quantitative estimate of drug-likeness (QED) is 0.844. The molecular formula is C14H13F2N3O2. The third kappa shape index (κ3) is 3.44. The van der Waals surface area contributed by atoms with Crippen LogP contribution in [-0.4, -0.2) is 18.0 Å². The van der Waals surface area contributed by atoms with Crippen LogP contribution >= 0.6 is 0 Å². The summed E-state index contributed by atoms with van der Waals surface area (Å²) in [5.74, 6) is -2.09. The van der Waals surface area contributed by atoms with Gasteiger partial charge in [-0.1, -0.05) is 6.07 Å². The molecule has 1 amide bonds. The number of nitrogen functional groups attached to an aromatic ring is 1. The molecule has 0 aliphatic heterocycles. The molecule has 3 N–H and O–H groups in total. The molecule has 0 bridgehead atoms. The van der Waals surface area contributed by atoms with Gasteiger partial charge in [0.05, 0.1) is 7.11 Å². The van der Waals surface area contributed by atoms with Crippen molar-refractivity contribution in [3.63, 3.8) is 0 Å². The van der Waals surface area contributed by atoms with Gasteiger partial charge in [-0.25, -0.2) is 13.8 Å². The largest absolute Gasteiger partial charge is 0.481 e.